The second-order valence-corrected chi connectivity index (χ2v) is 13.1. The van der Waals surface area contributed by atoms with Gasteiger partial charge in [-0.1, -0.05) is 6.07 Å². The maximum atomic E-state index is 14.2. The molecular formula is C26H30F2N5O7PS. The first kappa shape index (κ1) is 31.5. The molecule has 0 aliphatic carbocycles. The van der Waals surface area contributed by atoms with Gasteiger partial charge in [-0.05, 0) is 42.8 Å². The van der Waals surface area contributed by atoms with Crippen LogP contribution in [-0.2, 0) is 24.6 Å². The van der Waals surface area contributed by atoms with E-state index in [0.29, 0.717) is 30.5 Å². The van der Waals surface area contributed by atoms with E-state index >= 15 is 0 Å². The van der Waals surface area contributed by atoms with Crippen LogP contribution in [0, 0.1) is 6.57 Å². The molecule has 2 fully saturated rings. The molecule has 1 aromatic heterocycles. The minimum atomic E-state index is -5.79. The standard InChI is InChI=1S/C26H30F2N5O7PS/c1-15(34)32-10-8-18-5-6-20(25(37)31(3)11-9-29-2)33(18)24(36)19(14-32)30-23(35)22-13-16-12-17(4-7-21(16)42-22)26(27,28)41(38,39)40/h4,7,12-13,18-20H,5-6,8-11,14H2,1,3H3,(H,30,35)(H2,38,39,40)/t18-,19+,20+/m1/s1. The van der Waals surface area contributed by atoms with E-state index < -0.39 is 42.7 Å². The average molecular weight is 626 g/mol. The molecule has 0 radical (unpaired) electrons. The lowest BCUT2D eigenvalue weighted by Crippen LogP contribution is -2.61. The Kier molecular flexibility index (Phi) is 9.03. The van der Waals surface area contributed by atoms with Crippen molar-refractivity contribution in [1.29, 1.82) is 0 Å². The number of hydrogen-bond acceptors (Lipinski definition) is 6. The monoisotopic (exact) mass is 625 g/mol. The molecule has 42 heavy (non-hydrogen) atoms. The average Bonchev–Trinajstić information content (AvgIpc) is 3.54. The number of rotatable bonds is 7. The van der Waals surface area contributed by atoms with Crippen molar-refractivity contribution in [3.8, 4) is 0 Å². The van der Waals surface area contributed by atoms with Crippen LogP contribution in [0.15, 0.2) is 24.3 Å². The summed E-state index contributed by atoms with van der Waals surface area (Å²) in [6, 6.07) is 1.97. The molecule has 2 saturated heterocycles. The molecule has 12 nitrogen and oxygen atoms in total. The van der Waals surface area contributed by atoms with E-state index in [1.165, 1.54) is 33.8 Å². The number of alkyl halides is 2. The van der Waals surface area contributed by atoms with Gasteiger partial charge in [-0.15, -0.1) is 11.3 Å². The third-order valence-electron chi connectivity index (χ3n) is 7.60. The van der Waals surface area contributed by atoms with Crippen LogP contribution in [0.25, 0.3) is 14.9 Å². The maximum absolute atomic E-state index is 14.2. The number of likely N-dealkylation sites (N-methyl/N-ethyl adjacent to an activating group) is 1. The Morgan fingerprint density at radius 3 is 2.60 bits per heavy atom. The summed E-state index contributed by atoms with van der Waals surface area (Å²) in [5.74, 6) is -1.84. The van der Waals surface area contributed by atoms with Gasteiger partial charge in [0, 0.05) is 43.4 Å². The first-order valence-corrected chi connectivity index (χ1v) is 15.5. The minimum absolute atomic E-state index is 0.0513. The van der Waals surface area contributed by atoms with Crippen molar-refractivity contribution in [3.63, 3.8) is 0 Å². The number of benzene rings is 1. The molecule has 0 unspecified atom stereocenters. The van der Waals surface area contributed by atoms with Gasteiger partial charge in [0.05, 0.1) is 11.4 Å². The predicted molar refractivity (Wildman–Crippen MR) is 149 cm³/mol. The van der Waals surface area contributed by atoms with Crippen LogP contribution in [0.1, 0.15) is 41.4 Å². The molecule has 16 heteroatoms. The van der Waals surface area contributed by atoms with E-state index in [1.54, 1.807) is 7.05 Å². The van der Waals surface area contributed by atoms with Crippen LogP contribution in [0.4, 0.5) is 8.78 Å². The third kappa shape index (κ3) is 6.17. The molecule has 2 aliphatic rings. The first-order valence-electron chi connectivity index (χ1n) is 13.1. The Morgan fingerprint density at radius 2 is 1.95 bits per heavy atom. The van der Waals surface area contributed by atoms with E-state index in [4.69, 9.17) is 16.4 Å². The number of nitrogens with zero attached hydrogens (tertiary/aromatic N) is 4. The summed E-state index contributed by atoms with van der Waals surface area (Å²) in [6.45, 7) is 8.83. The number of carbonyl (C=O) groups excluding carboxylic acids is 4. The zero-order chi connectivity index (χ0) is 31.0. The van der Waals surface area contributed by atoms with E-state index in [0.717, 1.165) is 23.5 Å². The van der Waals surface area contributed by atoms with Crippen molar-refractivity contribution in [2.75, 3.05) is 33.2 Å². The molecule has 226 valence electrons. The largest absolute Gasteiger partial charge is 0.399 e. The summed E-state index contributed by atoms with van der Waals surface area (Å²) in [6.07, 6.45) is 1.39. The number of hydrogen-bond donors (Lipinski definition) is 3. The Hall–Kier alpha value is -3.44. The second-order valence-electron chi connectivity index (χ2n) is 10.4. The van der Waals surface area contributed by atoms with E-state index in [9.17, 15) is 32.5 Å². The van der Waals surface area contributed by atoms with Gasteiger partial charge in [0.15, 0.2) is 0 Å². The molecule has 0 bridgehead atoms. The van der Waals surface area contributed by atoms with Crippen LogP contribution >= 0.6 is 18.9 Å². The molecule has 3 N–H and O–H groups in total. The van der Waals surface area contributed by atoms with Crippen LogP contribution < -0.4 is 5.32 Å². The first-order chi connectivity index (χ1) is 19.7. The summed E-state index contributed by atoms with van der Waals surface area (Å²) in [4.78, 5) is 78.5. The molecule has 4 rings (SSSR count). The van der Waals surface area contributed by atoms with Crippen LogP contribution in [0.3, 0.4) is 0 Å². The number of fused-ring (bicyclic) bond motifs is 2. The van der Waals surface area contributed by atoms with Gasteiger partial charge in [-0.3, -0.25) is 23.7 Å². The zero-order valence-corrected chi connectivity index (χ0v) is 24.5. The quantitative estimate of drug-likeness (QED) is 0.315. The number of carbonyl (C=O) groups is 4. The fourth-order valence-corrected chi connectivity index (χ4v) is 6.74. The topological polar surface area (TPSA) is 152 Å². The highest BCUT2D eigenvalue weighted by Gasteiger charge is 2.50. The number of nitrogens with one attached hydrogen (secondary N) is 1. The Morgan fingerprint density at radius 1 is 1.24 bits per heavy atom. The molecule has 2 aliphatic heterocycles. The molecular weight excluding hydrogens is 595 g/mol. The summed E-state index contributed by atoms with van der Waals surface area (Å²) in [5.41, 5.74) is -5.32. The zero-order valence-electron chi connectivity index (χ0n) is 22.8. The normalized spacial score (nSPS) is 21.4. The molecule has 4 amide bonds. The maximum Gasteiger partial charge on any atom is 0.399 e. The minimum Gasteiger partial charge on any atom is -0.340 e. The molecule has 0 spiro atoms. The highest BCUT2D eigenvalue weighted by Crippen LogP contribution is 2.59. The van der Waals surface area contributed by atoms with Crippen LogP contribution in [-0.4, -0.2) is 99.5 Å². The van der Waals surface area contributed by atoms with Gasteiger partial charge in [0.2, 0.25) is 24.3 Å². The van der Waals surface area contributed by atoms with Gasteiger partial charge in [-0.2, -0.15) is 8.78 Å². The molecule has 0 saturated carbocycles. The van der Waals surface area contributed by atoms with Crippen molar-refractivity contribution in [2.24, 2.45) is 0 Å². The third-order valence-corrected chi connectivity index (χ3v) is 9.71. The van der Waals surface area contributed by atoms with Gasteiger partial charge in [-0.25, -0.2) is 6.57 Å². The van der Waals surface area contributed by atoms with Crippen molar-refractivity contribution in [2.45, 2.75) is 50.0 Å². The van der Waals surface area contributed by atoms with Gasteiger partial charge >= 0.3 is 13.3 Å². The Balaban J connectivity index is 1.61. The SMILES string of the molecule is [C-]#[N+]CCN(C)C(=O)[C@@H]1CC[C@@H]2CCN(C(C)=O)C[C@H](NC(=O)c3cc4cc(C(F)(F)P(=O)(O)O)ccc4s3)C(=O)N21. The van der Waals surface area contributed by atoms with Gasteiger partial charge in [0.25, 0.3) is 5.91 Å². The highest BCUT2D eigenvalue weighted by atomic mass is 32.1. The molecule has 3 heterocycles. The Bertz CT molecular complexity index is 1510. The van der Waals surface area contributed by atoms with Crippen molar-refractivity contribution >= 4 is 52.6 Å². The second kappa shape index (κ2) is 12.0. The van der Waals surface area contributed by atoms with E-state index in [1.807, 2.05) is 0 Å². The Labute approximate surface area is 244 Å². The number of halogens is 2. The van der Waals surface area contributed by atoms with E-state index in [-0.39, 0.29) is 47.8 Å². The van der Waals surface area contributed by atoms with Gasteiger partial charge < -0.3 is 34.6 Å². The molecule has 2 aromatic rings. The van der Waals surface area contributed by atoms with Crippen LogP contribution in [0.5, 0.6) is 0 Å². The fourth-order valence-electron chi connectivity index (χ4n) is 5.31. The fraction of sp³-hybridized carbons (Fsp3) is 0.500. The highest BCUT2D eigenvalue weighted by molar-refractivity contribution is 7.52. The lowest BCUT2D eigenvalue weighted by molar-refractivity contribution is -0.148. The summed E-state index contributed by atoms with van der Waals surface area (Å²) < 4.78 is 40.2. The van der Waals surface area contributed by atoms with Gasteiger partial charge in [0.1, 0.15) is 12.1 Å². The lowest BCUT2D eigenvalue weighted by atomic mass is 10.1. The summed E-state index contributed by atoms with van der Waals surface area (Å²) in [5, 5.41) is 2.80. The van der Waals surface area contributed by atoms with Crippen molar-refractivity contribution in [3.05, 3.63) is 46.1 Å². The number of amides is 4. The lowest BCUT2D eigenvalue weighted by Gasteiger charge is -2.39. The van der Waals surface area contributed by atoms with Crippen LogP contribution in [0.2, 0.25) is 0 Å². The molecule has 1 aromatic carbocycles. The molecule has 3 atom stereocenters. The van der Waals surface area contributed by atoms with Crippen molar-refractivity contribution < 1.29 is 42.3 Å². The smallest absolute Gasteiger partial charge is 0.340 e. The summed E-state index contributed by atoms with van der Waals surface area (Å²) in [7, 11) is -4.23. The van der Waals surface area contributed by atoms with Crippen molar-refractivity contribution in [1.82, 2.24) is 20.0 Å². The van der Waals surface area contributed by atoms with E-state index in [2.05, 4.69) is 10.2 Å². The summed E-state index contributed by atoms with van der Waals surface area (Å²) >= 11 is 0.933. The predicted octanol–water partition coefficient (Wildman–Crippen LogP) is 2.22. The number of thiophene rings is 1.